The maximum atomic E-state index is 13.9. The van der Waals surface area contributed by atoms with Crippen LogP contribution in [0.3, 0.4) is 0 Å². The van der Waals surface area contributed by atoms with Crippen molar-refractivity contribution in [3.8, 4) is 0 Å². The lowest BCUT2D eigenvalue weighted by Gasteiger charge is -2.40. The molecule has 116 valence electrons. The molecule has 0 aliphatic heterocycles. The maximum Gasteiger partial charge on any atom is 0.267 e. The molecule has 2 rings (SSSR count). The van der Waals surface area contributed by atoms with Crippen molar-refractivity contribution >= 4 is 39.3 Å². The Labute approximate surface area is 142 Å². The minimum Gasteiger partial charge on any atom is -0.202 e. The van der Waals surface area contributed by atoms with Gasteiger partial charge in [0.05, 0.1) is 0 Å². The van der Waals surface area contributed by atoms with Gasteiger partial charge in [0.25, 0.3) is 5.92 Å². The second kappa shape index (κ2) is 7.01. The smallest absolute Gasteiger partial charge is 0.202 e. The summed E-state index contributed by atoms with van der Waals surface area (Å²) in [7, 11) is 0. The largest absolute Gasteiger partial charge is 0.267 e. The van der Waals surface area contributed by atoms with Crippen molar-refractivity contribution in [3.63, 3.8) is 0 Å². The van der Waals surface area contributed by atoms with Crippen LogP contribution in [0.2, 0.25) is 5.02 Å². The number of alkyl halides is 3. The molecule has 0 amide bonds. The molecule has 0 aromatic heterocycles. The van der Waals surface area contributed by atoms with E-state index in [9.17, 15) is 8.78 Å². The molecule has 0 N–H and O–H groups in total. The molecule has 2 unspecified atom stereocenters. The first-order valence-electron chi connectivity index (χ1n) is 6.94. The van der Waals surface area contributed by atoms with Crippen molar-refractivity contribution in [1.29, 1.82) is 0 Å². The normalized spacial score (nSPS) is 26.6. The van der Waals surface area contributed by atoms with E-state index in [0.29, 0.717) is 9.85 Å². The number of benzene rings is 1. The summed E-state index contributed by atoms with van der Waals surface area (Å²) in [6.07, 6.45) is 4.15. The highest BCUT2D eigenvalue weighted by atomic mass is 79.9. The van der Waals surface area contributed by atoms with Gasteiger partial charge in [0.2, 0.25) is 0 Å². The fourth-order valence-corrected chi connectivity index (χ4v) is 5.65. The Morgan fingerprint density at radius 1 is 1.43 bits per heavy atom. The fraction of sp³-hybridized carbons (Fsp3) is 0.500. The Kier molecular flexibility index (Phi) is 5.77. The topological polar surface area (TPSA) is 0 Å². The average Bonchev–Trinajstić information content (AvgIpc) is 2.41. The van der Waals surface area contributed by atoms with Gasteiger partial charge in [-0.3, -0.25) is 0 Å². The van der Waals surface area contributed by atoms with Gasteiger partial charge in [-0.15, -0.1) is 11.8 Å². The van der Waals surface area contributed by atoms with Crippen LogP contribution in [-0.4, -0.2) is 15.5 Å². The third-order valence-electron chi connectivity index (χ3n) is 3.75. The van der Waals surface area contributed by atoms with Crippen LogP contribution in [0.1, 0.15) is 32.1 Å². The third-order valence-corrected chi connectivity index (χ3v) is 6.24. The van der Waals surface area contributed by atoms with Gasteiger partial charge in [0.15, 0.2) is 0 Å². The molecule has 0 spiro atoms. The average molecular weight is 396 g/mol. The van der Waals surface area contributed by atoms with Gasteiger partial charge in [-0.2, -0.15) is 0 Å². The van der Waals surface area contributed by atoms with Crippen molar-refractivity contribution < 1.29 is 8.78 Å². The van der Waals surface area contributed by atoms with Crippen LogP contribution in [0, 0.1) is 0 Å². The van der Waals surface area contributed by atoms with E-state index in [1.54, 1.807) is 23.9 Å². The first kappa shape index (κ1) is 17.3. The number of rotatable bonds is 5. The van der Waals surface area contributed by atoms with Crippen LogP contribution in [0.5, 0.6) is 0 Å². The molecule has 0 nitrogen and oxygen atoms in total. The minimum absolute atomic E-state index is 0.168. The summed E-state index contributed by atoms with van der Waals surface area (Å²) in [5.41, 5.74) is 0. The van der Waals surface area contributed by atoms with E-state index >= 15 is 0 Å². The van der Waals surface area contributed by atoms with Crippen LogP contribution in [0.15, 0.2) is 41.8 Å². The van der Waals surface area contributed by atoms with Crippen LogP contribution in [0.4, 0.5) is 8.78 Å². The van der Waals surface area contributed by atoms with E-state index in [2.05, 4.69) is 22.5 Å². The number of hydrogen-bond donors (Lipinski definition) is 0. The fourth-order valence-electron chi connectivity index (χ4n) is 2.80. The van der Waals surface area contributed by atoms with Gasteiger partial charge in [-0.1, -0.05) is 40.5 Å². The molecule has 0 saturated heterocycles. The monoisotopic (exact) mass is 394 g/mol. The molecule has 1 aliphatic carbocycles. The molecule has 5 heteroatoms. The second-order valence-electron chi connectivity index (χ2n) is 5.57. The highest BCUT2D eigenvalue weighted by molar-refractivity contribution is 9.09. The molecule has 1 fully saturated rings. The molecule has 0 heterocycles. The number of thioether (sulfide) groups is 1. The van der Waals surface area contributed by atoms with E-state index in [0.717, 1.165) is 36.7 Å². The van der Waals surface area contributed by atoms with E-state index < -0.39 is 10.7 Å². The Balaban J connectivity index is 2.22. The highest BCUT2D eigenvalue weighted by Gasteiger charge is 2.43. The first-order chi connectivity index (χ1) is 9.84. The van der Waals surface area contributed by atoms with E-state index in [4.69, 9.17) is 11.6 Å². The number of hydrogen-bond acceptors (Lipinski definition) is 1. The Morgan fingerprint density at radius 2 is 2.10 bits per heavy atom. The van der Waals surface area contributed by atoms with Crippen LogP contribution in [-0.2, 0) is 0 Å². The molecule has 1 aromatic rings. The standard InChI is InChI=1S/C16H18BrClF2S/c1-2-16(19,20)11-15(9-3-4-12(17)10-15)21-14-7-5-13(18)6-8-14/h2,5-8,12H,1,3-4,9-11H2. The zero-order valence-electron chi connectivity index (χ0n) is 11.6. The zero-order chi connectivity index (χ0) is 15.5. The molecular formula is C16H18BrClF2S. The minimum atomic E-state index is -2.83. The zero-order valence-corrected chi connectivity index (χ0v) is 14.8. The van der Waals surface area contributed by atoms with Gasteiger partial charge < -0.3 is 0 Å². The third kappa shape index (κ3) is 4.97. The van der Waals surface area contributed by atoms with Crippen molar-refractivity contribution in [2.45, 2.75) is 52.5 Å². The first-order valence-corrected chi connectivity index (χ1v) is 9.05. The van der Waals surface area contributed by atoms with E-state index in [1.807, 2.05) is 12.1 Å². The lowest BCUT2D eigenvalue weighted by atomic mass is 9.84. The SMILES string of the molecule is C=CC(F)(F)CC1(Sc2ccc(Cl)cc2)CCCC(Br)C1. The molecule has 21 heavy (non-hydrogen) atoms. The maximum absolute atomic E-state index is 13.9. The van der Waals surface area contributed by atoms with Gasteiger partial charge in [0.1, 0.15) is 0 Å². The summed E-state index contributed by atoms with van der Waals surface area (Å²) in [6, 6.07) is 7.41. The van der Waals surface area contributed by atoms with E-state index in [-0.39, 0.29) is 6.42 Å². The molecule has 1 aromatic carbocycles. The van der Waals surface area contributed by atoms with Gasteiger partial charge in [-0.25, -0.2) is 8.78 Å². The van der Waals surface area contributed by atoms with Gasteiger partial charge in [-0.05, 0) is 49.6 Å². The Morgan fingerprint density at radius 3 is 2.67 bits per heavy atom. The van der Waals surface area contributed by atoms with Crippen LogP contribution < -0.4 is 0 Å². The van der Waals surface area contributed by atoms with Crippen molar-refractivity contribution in [3.05, 3.63) is 41.9 Å². The van der Waals surface area contributed by atoms with E-state index in [1.165, 1.54) is 0 Å². The van der Waals surface area contributed by atoms with Crippen LogP contribution >= 0.6 is 39.3 Å². The lowest BCUT2D eigenvalue weighted by molar-refractivity contribution is 0.0296. The van der Waals surface area contributed by atoms with Gasteiger partial charge in [0, 0.05) is 25.9 Å². The molecular weight excluding hydrogens is 378 g/mol. The summed E-state index contributed by atoms with van der Waals surface area (Å²) in [5, 5.41) is 0.659. The second-order valence-corrected chi connectivity index (χ2v) is 8.85. The molecule has 2 atom stereocenters. The van der Waals surface area contributed by atoms with Crippen LogP contribution in [0.25, 0.3) is 0 Å². The number of allylic oxidation sites excluding steroid dienone is 1. The summed E-state index contributed by atoms with van der Waals surface area (Å²) in [5.74, 6) is -2.83. The quantitative estimate of drug-likeness (QED) is 0.394. The predicted molar refractivity (Wildman–Crippen MR) is 91.0 cm³/mol. The van der Waals surface area contributed by atoms with Crippen molar-refractivity contribution in [2.75, 3.05) is 0 Å². The van der Waals surface area contributed by atoms with Crippen molar-refractivity contribution in [2.24, 2.45) is 0 Å². The molecule has 1 saturated carbocycles. The lowest BCUT2D eigenvalue weighted by Crippen LogP contribution is -2.38. The van der Waals surface area contributed by atoms with Crippen molar-refractivity contribution in [1.82, 2.24) is 0 Å². The number of halogens is 4. The summed E-state index contributed by atoms with van der Waals surface area (Å²) in [6.45, 7) is 3.28. The summed E-state index contributed by atoms with van der Waals surface area (Å²) >= 11 is 11.1. The predicted octanol–water partition coefficient (Wildman–Crippen LogP) is 6.72. The molecule has 1 aliphatic rings. The highest BCUT2D eigenvalue weighted by Crippen LogP contribution is 2.50. The molecule has 0 radical (unpaired) electrons. The summed E-state index contributed by atoms with van der Waals surface area (Å²) < 4.78 is 27.4. The summed E-state index contributed by atoms with van der Waals surface area (Å²) in [4.78, 5) is 1.28. The molecule has 0 bridgehead atoms. The Bertz CT molecular complexity index is 492. The van der Waals surface area contributed by atoms with Gasteiger partial charge >= 0.3 is 0 Å². The Hall–Kier alpha value is -0.0600.